The first kappa shape index (κ1) is 74.5. The lowest BCUT2D eigenvalue weighted by Crippen LogP contribution is -2.68. The molecule has 3 aliphatic heterocycles. The van der Waals surface area contributed by atoms with Gasteiger partial charge < -0.3 is 71.6 Å². The van der Waals surface area contributed by atoms with E-state index in [2.05, 4.69) is 17.4 Å². The second kappa shape index (κ2) is 39.6. The molecule has 3 fully saturated rings. The van der Waals surface area contributed by atoms with Crippen LogP contribution in [0.5, 0.6) is 0 Å². The standard InChI is InChI=1S/C85H91NO16S/c1-60-74(100-73(88)49-48-72(87)86-2)77(92-53-64-36-18-6-19-37-64)80(94-55-66-40-22-8-23-41-66)83(97-60)102-79-75(91-52-63-34-16-5-17-35-63)70(58-89-50-61-30-12-3-13-31-61)98-84(81(79)95-56-67-42-24-9-25-43-67)101-76-71(59-90-51-62-32-14-4-15-33-62)99-85(103-69-46-28-11-29-47-69)82(96-57-68-44-26-10-27-45-68)78(76)93-54-65-38-20-7-21-39-65/h3-47,60,70-71,74-85H,48-59H2,1-2H3,(H,86,87)/t60?,70?,71?,74-,75-,76-,77+,78-,79-,80?,81?,82?,83?,84?,85-/m0/s1. The maximum Gasteiger partial charge on any atom is 0.306 e. The van der Waals surface area contributed by atoms with Gasteiger partial charge in [0.05, 0.1) is 78.6 Å². The van der Waals surface area contributed by atoms with E-state index in [0.29, 0.717) is 0 Å². The van der Waals surface area contributed by atoms with E-state index in [4.69, 9.17) is 66.3 Å². The summed E-state index contributed by atoms with van der Waals surface area (Å²) >= 11 is 1.54. The predicted octanol–water partition coefficient (Wildman–Crippen LogP) is 14.1. The van der Waals surface area contributed by atoms with Gasteiger partial charge in [-0.3, -0.25) is 9.59 Å². The third-order valence-electron chi connectivity index (χ3n) is 18.1. The van der Waals surface area contributed by atoms with Gasteiger partial charge in [-0.25, -0.2) is 0 Å². The molecule has 538 valence electrons. The SMILES string of the molecule is CNC(=O)CCC(=O)O[C@H]1C(C)OC(O[C@@H]2C(OCc3ccccc3)C(O[C@H]3C(COCc4ccccc4)O[C@@H](Sc4ccccc4)C(OCc4ccccc4)[C@H]3OCc3ccccc3)OC(COCc3ccccc3)[C@@H]2OCc2ccccc2)C(OCc2ccccc2)[C@@H]1OCc1ccccc1. The zero-order valence-electron chi connectivity index (χ0n) is 58.1. The average molecular weight is 1410 g/mol. The molecule has 12 rings (SSSR count). The molecule has 8 unspecified atom stereocenters. The fraction of sp³-hybridized carbons (Fsp3) is 0.341. The Hall–Kier alpha value is -8.25. The van der Waals surface area contributed by atoms with Crippen molar-refractivity contribution in [2.45, 2.75) is 169 Å². The van der Waals surface area contributed by atoms with E-state index >= 15 is 0 Å². The molecule has 9 aromatic carbocycles. The van der Waals surface area contributed by atoms with Crippen molar-refractivity contribution in [3.8, 4) is 0 Å². The zero-order chi connectivity index (χ0) is 70.6. The van der Waals surface area contributed by atoms with Gasteiger partial charge in [0.25, 0.3) is 0 Å². The van der Waals surface area contributed by atoms with Crippen LogP contribution in [0.15, 0.2) is 278 Å². The monoisotopic (exact) mass is 1410 g/mol. The predicted molar refractivity (Wildman–Crippen MR) is 389 cm³/mol. The highest BCUT2D eigenvalue weighted by atomic mass is 32.2. The van der Waals surface area contributed by atoms with Gasteiger partial charge in [-0.1, -0.05) is 273 Å². The van der Waals surface area contributed by atoms with Crippen LogP contribution >= 0.6 is 11.8 Å². The third-order valence-corrected chi connectivity index (χ3v) is 19.2. The molecule has 0 bridgehead atoms. The Morgan fingerprint density at radius 2 is 0.660 bits per heavy atom. The Morgan fingerprint density at radius 3 is 1.07 bits per heavy atom. The first-order chi connectivity index (χ1) is 50.8. The van der Waals surface area contributed by atoms with E-state index in [9.17, 15) is 9.59 Å². The molecule has 3 heterocycles. The number of hydrogen-bond acceptors (Lipinski definition) is 17. The maximum absolute atomic E-state index is 14.1. The van der Waals surface area contributed by atoms with Gasteiger partial charge in [0.1, 0.15) is 66.5 Å². The summed E-state index contributed by atoms with van der Waals surface area (Å²) in [5.41, 5.74) is 6.56. The van der Waals surface area contributed by atoms with Crippen molar-refractivity contribution in [3.05, 3.63) is 317 Å². The van der Waals surface area contributed by atoms with Crippen molar-refractivity contribution < 1.29 is 75.9 Å². The minimum absolute atomic E-state index is 0.0243. The van der Waals surface area contributed by atoms with E-state index in [-0.39, 0.29) is 84.8 Å². The lowest BCUT2D eigenvalue weighted by Gasteiger charge is -2.51. The summed E-state index contributed by atoms with van der Waals surface area (Å²) in [5.74, 6) is -0.931. The molecule has 15 atom stereocenters. The number of benzene rings is 9. The molecule has 9 aromatic rings. The Kier molecular flexibility index (Phi) is 28.6. The Labute approximate surface area is 608 Å². The first-order valence-electron chi connectivity index (χ1n) is 35.3. The third kappa shape index (κ3) is 22.2. The van der Waals surface area contributed by atoms with Crippen LogP contribution in [0.3, 0.4) is 0 Å². The molecular formula is C85H91NO16S. The van der Waals surface area contributed by atoms with Crippen molar-refractivity contribution in [3.63, 3.8) is 0 Å². The minimum atomic E-state index is -1.35. The molecule has 18 heteroatoms. The molecule has 0 aliphatic carbocycles. The van der Waals surface area contributed by atoms with Gasteiger partial charge in [-0.2, -0.15) is 0 Å². The highest BCUT2D eigenvalue weighted by molar-refractivity contribution is 7.99. The fourth-order valence-corrected chi connectivity index (χ4v) is 13.9. The first-order valence-corrected chi connectivity index (χ1v) is 36.2. The molecule has 17 nitrogen and oxygen atoms in total. The number of esters is 1. The average Bonchev–Trinajstić information content (AvgIpc) is 0.765. The molecule has 1 amide bonds. The smallest absolute Gasteiger partial charge is 0.306 e. The summed E-state index contributed by atoms with van der Waals surface area (Å²) in [4.78, 5) is 27.6. The van der Waals surface area contributed by atoms with Gasteiger partial charge in [0.2, 0.25) is 5.91 Å². The van der Waals surface area contributed by atoms with Crippen molar-refractivity contribution in [1.82, 2.24) is 5.32 Å². The Bertz CT molecular complexity index is 3870. The second-order valence-electron chi connectivity index (χ2n) is 25.6. The minimum Gasteiger partial charge on any atom is -0.457 e. The Morgan fingerprint density at radius 1 is 0.340 bits per heavy atom. The number of rotatable bonds is 36. The normalized spacial score (nSPS) is 24.8. The molecule has 3 saturated heterocycles. The lowest BCUT2D eigenvalue weighted by molar-refractivity contribution is -0.386. The summed E-state index contributed by atoms with van der Waals surface area (Å²) in [7, 11) is 1.52. The van der Waals surface area contributed by atoms with Gasteiger partial charge >= 0.3 is 5.97 Å². The number of carbonyl (C=O) groups is 2. The number of nitrogens with one attached hydrogen (secondary N) is 1. The Balaban J connectivity index is 0.996. The topological polar surface area (TPSA) is 175 Å². The zero-order valence-corrected chi connectivity index (χ0v) is 58.9. The van der Waals surface area contributed by atoms with Gasteiger partial charge in [-0.15, -0.1) is 0 Å². The van der Waals surface area contributed by atoms with Crippen LogP contribution < -0.4 is 5.32 Å². The molecular weight excluding hydrogens is 1320 g/mol. The van der Waals surface area contributed by atoms with Crippen LogP contribution in [-0.2, 0) is 129 Å². The molecule has 0 aromatic heterocycles. The van der Waals surface area contributed by atoms with Crippen LogP contribution in [0.2, 0.25) is 0 Å². The fourth-order valence-electron chi connectivity index (χ4n) is 12.7. The molecule has 0 spiro atoms. The summed E-state index contributed by atoms with van der Waals surface area (Å²) in [5, 5.41) is 2.60. The molecule has 1 N–H and O–H groups in total. The van der Waals surface area contributed by atoms with Crippen molar-refractivity contribution in [2.75, 3.05) is 20.3 Å². The second-order valence-corrected chi connectivity index (χ2v) is 26.8. The maximum atomic E-state index is 14.1. The van der Waals surface area contributed by atoms with Crippen molar-refractivity contribution in [1.29, 1.82) is 0 Å². The highest BCUT2D eigenvalue weighted by Gasteiger charge is 2.57. The highest BCUT2D eigenvalue weighted by Crippen LogP contribution is 2.42. The summed E-state index contributed by atoms with van der Waals surface area (Å²) in [6.07, 6.45) is -15.0. The van der Waals surface area contributed by atoms with Crippen molar-refractivity contribution in [2.24, 2.45) is 0 Å². The molecule has 0 saturated carbocycles. The summed E-state index contributed by atoms with van der Waals surface area (Å²) < 4.78 is 101. The number of carbonyl (C=O) groups excluding carboxylic acids is 2. The van der Waals surface area contributed by atoms with E-state index in [0.717, 1.165) is 49.4 Å². The van der Waals surface area contributed by atoms with Gasteiger partial charge in [-0.05, 0) is 63.6 Å². The van der Waals surface area contributed by atoms with Crippen LogP contribution in [0.4, 0.5) is 0 Å². The van der Waals surface area contributed by atoms with E-state index in [1.54, 1.807) is 6.92 Å². The molecule has 103 heavy (non-hydrogen) atoms. The number of thioether (sulfide) groups is 1. The molecule has 0 radical (unpaired) electrons. The quantitative estimate of drug-likeness (QED) is 0.0367. The van der Waals surface area contributed by atoms with Crippen LogP contribution in [0, 0.1) is 0 Å². The van der Waals surface area contributed by atoms with Gasteiger partial charge in [0, 0.05) is 18.4 Å². The van der Waals surface area contributed by atoms with E-state index < -0.39 is 97.2 Å². The van der Waals surface area contributed by atoms with Crippen LogP contribution in [0.1, 0.15) is 64.3 Å². The lowest BCUT2D eigenvalue weighted by atomic mass is 9.95. The summed E-state index contributed by atoms with van der Waals surface area (Å²) in [6, 6.07) is 89.3. The summed E-state index contributed by atoms with van der Waals surface area (Å²) in [6.45, 7) is 3.05. The number of ether oxygens (including phenoxy) is 14. The van der Waals surface area contributed by atoms with Crippen LogP contribution in [-0.4, -0.2) is 123 Å². The number of hydrogen-bond donors (Lipinski definition) is 1. The number of amides is 1. The van der Waals surface area contributed by atoms with E-state index in [1.165, 1.54) is 18.8 Å². The van der Waals surface area contributed by atoms with Crippen molar-refractivity contribution >= 4 is 23.6 Å². The van der Waals surface area contributed by atoms with Gasteiger partial charge in [0.15, 0.2) is 18.7 Å². The largest absolute Gasteiger partial charge is 0.457 e. The molecule has 3 aliphatic rings. The van der Waals surface area contributed by atoms with E-state index in [1.807, 2.05) is 261 Å². The van der Waals surface area contributed by atoms with Crippen LogP contribution in [0.25, 0.3) is 0 Å².